The van der Waals surface area contributed by atoms with Crippen LogP contribution in [-0.4, -0.2) is 30.3 Å². The van der Waals surface area contributed by atoms with Gasteiger partial charge >= 0.3 is 0 Å². The summed E-state index contributed by atoms with van der Waals surface area (Å²) < 4.78 is 14.1. The van der Waals surface area contributed by atoms with Gasteiger partial charge in [0.1, 0.15) is 5.82 Å². The number of aliphatic hydroxyl groups is 1. The highest BCUT2D eigenvalue weighted by Gasteiger charge is 2.23. The highest BCUT2D eigenvalue weighted by Crippen LogP contribution is 2.26. The first-order valence-electron chi connectivity index (χ1n) is 6.81. The predicted molar refractivity (Wildman–Crippen MR) is 75.8 cm³/mol. The minimum atomic E-state index is -0.849. The van der Waals surface area contributed by atoms with Gasteiger partial charge in [0.25, 0.3) is 0 Å². The van der Waals surface area contributed by atoms with Gasteiger partial charge in [0, 0.05) is 26.2 Å². The van der Waals surface area contributed by atoms with Crippen LogP contribution in [0.15, 0.2) is 18.2 Å². The van der Waals surface area contributed by atoms with Crippen LogP contribution in [-0.2, 0) is 6.54 Å². The van der Waals surface area contributed by atoms with Gasteiger partial charge in [-0.05, 0) is 38.3 Å². The topological polar surface area (TPSA) is 35.5 Å². The van der Waals surface area contributed by atoms with Crippen molar-refractivity contribution in [3.63, 3.8) is 0 Å². The first-order chi connectivity index (χ1) is 8.87. The number of halogens is 1. The van der Waals surface area contributed by atoms with Crippen molar-refractivity contribution in [1.29, 1.82) is 0 Å². The number of nitrogens with one attached hydrogen (secondary N) is 1. The summed E-state index contributed by atoms with van der Waals surface area (Å²) in [5.74, 6) is -0.234. The molecule has 0 aromatic heterocycles. The molecule has 2 N–H and O–H groups in total. The Labute approximate surface area is 114 Å². The quantitative estimate of drug-likeness (QED) is 0.829. The van der Waals surface area contributed by atoms with Crippen molar-refractivity contribution >= 4 is 5.69 Å². The van der Waals surface area contributed by atoms with E-state index in [1.54, 1.807) is 24.8 Å². The molecule has 0 saturated heterocycles. The van der Waals surface area contributed by atoms with Crippen LogP contribution in [0.3, 0.4) is 0 Å². The Morgan fingerprint density at radius 3 is 2.68 bits per heavy atom. The van der Waals surface area contributed by atoms with E-state index in [0.717, 1.165) is 5.56 Å². The fourth-order valence-corrected chi connectivity index (χ4v) is 2.33. The lowest BCUT2D eigenvalue weighted by molar-refractivity contribution is 0.0884. The smallest absolute Gasteiger partial charge is 0.146 e. The van der Waals surface area contributed by atoms with Crippen LogP contribution in [0.25, 0.3) is 0 Å². The van der Waals surface area contributed by atoms with Gasteiger partial charge in [-0.3, -0.25) is 0 Å². The minimum absolute atomic E-state index is 0.234. The van der Waals surface area contributed by atoms with Gasteiger partial charge in [-0.1, -0.05) is 12.1 Å². The Kier molecular flexibility index (Phi) is 4.11. The lowest BCUT2D eigenvalue weighted by Gasteiger charge is -2.29. The number of nitrogens with zero attached hydrogens (tertiary/aromatic N) is 1. The minimum Gasteiger partial charge on any atom is -0.389 e. The molecule has 1 aromatic rings. The van der Waals surface area contributed by atoms with E-state index in [-0.39, 0.29) is 5.82 Å². The number of hydrogen-bond acceptors (Lipinski definition) is 3. The largest absolute Gasteiger partial charge is 0.389 e. The SMILES string of the molecule is CN(CC(C)(C)O)c1c(F)cccc1CNC1CC1. The van der Waals surface area contributed by atoms with E-state index < -0.39 is 5.60 Å². The molecule has 0 unspecified atom stereocenters. The predicted octanol–water partition coefficient (Wildman–Crippen LogP) is 2.28. The van der Waals surface area contributed by atoms with Gasteiger partial charge in [0.05, 0.1) is 11.3 Å². The van der Waals surface area contributed by atoms with Gasteiger partial charge in [-0.25, -0.2) is 4.39 Å². The van der Waals surface area contributed by atoms with Crippen molar-refractivity contribution < 1.29 is 9.50 Å². The summed E-state index contributed by atoms with van der Waals surface area (Å²) in [4.78, 5) is 1.79. The van der Waals surface area contributed by atoms with Crippen molar-refractivity contribution in [2.75, 3.05) is 18.5 Å². The highest BCUT2D eigenvalue weighted by atomic mass is 19.1. The molecular formula is C15H23FN2O. The lowest BCUT2D eigenvalue weighted by Crippen LogP contribution is -2.37. The summed E-state index contributed by atoms with van der Waals surface area (Å²) in [6.45, 7) is 4.53. The molecule has 19 heavy (non-hydrogen) atoms. The molecule has 0 atom stereocenters. The number of benzene rings is 1. The molecule has 0 spiro atoms. The van der Waals surface area contributed by atoms with Gasteiger partial charge in [-0.15, -0.1) is 0 Å². The molecule has 0 radical (unpaired) electrons. The van der Waals surface area contributed by atoms with Gasteiger partial charge in [0.2, 0.25) is 0 Å². The molecule has 0 bridgehead atoms. The first-order valence-corrected chi connectivity index (χ1v) is 6.81. The highest BCUT2D eigenvalue weighted by molar-refractivity contribution is 5.54. The second-order valence-electron chi connectivity index (χ2n) is 6.07. The summed E-state index contributed by atoms with van der Waals surface area (Å²) in [5.41, 5.74) is 0.675. The van der Waals surface area contributed by atoms with Crippen LogP contribution in [0.5, 0.6) is 0 Å². The summed E-state index contributed by atoms with van der Waals surface area (Å²) in [7, 11) is 1.82. The third-order valence-corrected chi connectivity index (χ3v) is 3.23. The average molecular weight is 266 g/mol. The number of rotatable bonds is 6. The molecule has 4 heteroatoms. The van der Waals surface area contributed by atoms with E-state index in [1.165, 1.54) is 18.9 Å². The van der Waals surface area contributed by atoms with E-state index in [1.807, 2.05) is 13.1 Å². The number of likely N-dealkylation sites (N-methyl/N-ethyl adjacent to an activating group) is 1. The van der Waals surface area contributed by atoms with Crippen molar-refractivity contribution in [3.8, 4) is 0 Å². The Bertz CT molecular complexity index is 438. The van der Waals surface area contributed by atoms with Gasteiger partial charge in [-0.2, -0.15) is 0 Å². The van der Waals surface area contributed by atoms with E-state index in [9.17, 15) is 9.50 Å². The second kappa shape index (κ2) is 5.47. The zero-order valence-corrected chi connectivity index (χ0v) is 11.9. The van der Waals surface area contributed by atoms with Crippen LogP contribution < -0.4 is 10.2 Å². The van der Waals surface area contributed by atoms with Crippen LogP contribution in [0.4, 0.5) is 10.1 Å². The molecule has 0 aliphatic heterocycles. The van der Waals surface area contributed by atoms with Crippen LogP contribution in [0, 0.1) is 5.82 Å². The second-order valence-corrected chi connectivity index (χ2v) is 6.07. The van der Waals surface area contributed by atoms with Crippen molar-refractivity contribution in [2.45, 2.75) is 44.9 Å². The molecule has 2 rings (SSSR count). The van der Waals surface area contributed by atoms with E-state index in [4.69, 9.17) is 0 Å². The summed E-state index contributed by atoms with van der Waals surface area (Å²) >= 11 is 0. The summed E-state index contributed by atoms with van der Waals surface area (Å²) in [6, 6.07) is 5.74. The number of para-hydroxylation sites is 1. The summed E-state index contributed by atoms with van der Waals surface area (Å²) in [6.07, 6.45) is 2.42. The molecule has 1 aliphatic rings. The fourth-order valence-electron chi connectivity index (χ4n) is 2.33. The lowest BCUT2D eigenvalue weighted by atomic mass is 10.1. The van der Waals surface area contributed by atoms with Crippen LogP contribution in [0.2, 0.25) is 0 Å². The Hall–Kier alpha value is -1.13. The third-order valence-electron chi connectivity index (χ3n) is 3.23. The maximum Gasteiger partial charge on any atom is 0.146 e. The number of anilines is 1. The Morgan fingerprint density at radius 1 is 1.42 bits per heavy atom. The molecule has 1 fully saturated rings. The Balaban J connectivity index is 2.15. The van der Waals surface area contributed by atoms with Crippen molar-refractivity contribution in [2.24, 2.45) is 0 Å². The maximum atomic E-state index is 14.1. The van der Waals surface area contributed by atoms with Crippen molar-refractivity contribution in [1.82, 2.24) is 5.32 Å². The van der Waals surface area contributed by atoms with Crippen LogP contribution >= 0.6 is 0 Å². The molecule has 0 amide bonds. The molecule has 1 saturated carbocycles. The zero-order chi connectivity index (χ0) is 14.0. The molecule has 1 aliphatic carbocycles. The normalized spacial score (nSPS) is 15.6. The molecule has 106 valence electrons. The third kappa shape index (κ3) is 4.18. The standard InChI is InChI=1S/C15H23FN2O/c1-15(2,19)10-18(3)14-11(5-4-6-13(14)16)9-17-12-7-8-12/h4-6,12,17,19H,7-10H2,1-3H3. The molecular weight excluding hydrogens is 243 g/mol. The number of hydrogen-bond donors (Lipinski definition) is 2. The summed E-state index contributed by atoms with van der Waals surface area (Å²) in [5, 5.41) is 13.3. The van der Waals surface area contributed by atoms with E-state index in [0.29, 0.717) is 24.8 Å². The molecule has 1 aromatic carbocycles. The molecule has 0 heterocycles. The van der Waals surface area contributed by atoms with Crippen LogP contribution in [0.1, 0.15) is 32.3 Å². The fraction of sp³-hybridized carbons (Fsp3) is 0.600. The first kappa shape index (κ1) is 14.3. The van der Waals surface area contributed by atoms with Gasteiger partial charge < -0.3 is 15.3 Å². The maximum absolute atomic E-state index is 14.1. The zero-order valence-electron chi connectivity index (χ0n) is 11.9. The van der Waals surface area contributed by atoms with E-state index >= 15 is 0 Å². The van der Waals surface area contributed by atoms with Crippen molar-refractivity contribution in [3.05, 3.63) is 29.6 Å². The molecule has 3 nitrogen and oxygen atoms in total. The monoisotopic (exact) mass is 266 g/mol. The average Bonchev–Trinajstić information content (AvgIpc) is 3.07. The van der Waals surface area contributed by atoms with E-state index in [2.05, 4.69) is 5.32 Å². The Morgan fingerprint density at radius 2 is 2.11 bits per heavy atom. The van der Waals surface area contributed by atoms with Gasteiger partial charge in [0.15, 0.2) is 0 Å².